The van der Waals surface area contributed by atoms with E-state index in [0.29, 0.717) is 6.04 Å². The van der Waals surface area contributed by atoms with E-state index < -0.39 is 0 Å². The lowest BCUT2D eigenvalue weighted by Crippen LogP contribution is -2.33. The third-order valence-corrected chi connectivity index (χ3v) is 5.04. The quantitative estimate of drug-likeness (QED) is 0.777. The van der Waals surface area contributed by atoms with Crippen LogP contribution in [0.3, 0.4) is 0 Å². The molecule has 0 fully saturated rings. The molecule has 1 aliphatic carbocycles. The topological polar surface area (TPSA) is 55.0 Å². The van der Waals surface area contributed by atoms with Crippen LogP contribution in [-0.2, 0) is 13.0 Å². The second-order valence-electron chi connectivity index (χ2n) is 6.35. The van der Waals surface area contributed by atoms with Crippen LogP contribution < -0.4 is 5.73 Å². The van der Waals surface area contributed by atoms with Gasteiger partial charge in [-0.05, 0) is 69.0 Å². The van der Waals surface area contributed by atoms with Crippen LogP contribution in [-0.4, -0.2) is 28.0 Å². The highest BCUT2D eigenvalue weighted by Crippen LogP contribution is 2.34. The molecule has 1 atom stereocenters. The first kappa shape index (κ1) is 17.3. The van der Waals surface area contributed by atoms with Gasteiger partial charge in [0.25, 0.3) is 0 Å². The number of hydrogen-bond acceptors (Lipinski definition) is 4. The van der Waals surface area contributed by atoms with Crippen LogP contribution in [0.15, 0.2) is 36.7 Å². The zero-order valence-electron chi connectivity index (χ0n) is 14.0. The maximum absolute atomic E-state index is 6.34. The lowest BCUT2D eigenvalue weighted by Gasteiger charge is -2.35. The van der Waals surface area contributed by atoms with Crippen LogP contribution in [0.4, 0.5) is 0 Å². The van der Waals surface area contributed by atoms with Gasteiger partial charge in [-0.25, -0.2) is 0 Å². The number of aromatic nitrogens is 2. The largest absolute Gasteiger partial charge is 0.330 e. The number of hydrogen-bond donors (Lipinski definition) is 1. The Labute approximate surface area is 149 Å². The minimum absolute atomic E-state index is 0.339. The normalized spacial score (nSPS) is 17.0. The molecule has 1 unspecified atom stereocenters. The van der Waals surface area contributed by atoms with Gasteiger partial charge in [-0.15, -0.1) is 0 Å². The molecule has 0 saturated heterocycles. The van der Waals surface area contributed by atoms with Crippen LogP contribution in [0.2, 0.25) is 5.02 Å². The molecule has 0 aliphatic heterocycles. The van der Waals surface area contributed by atoms with E-state index in [1.165, 1.54) is 17.7 Å². The molecule has 3 rings (SSSR count). The number of nitrogens with zero attached hydrogens (tertiary/aromatic N) is 3. The summed E-state index contributed by atoms with van der Waals surface area (Å²) in [6, 6.07) is 8.37. The van der Waals surface area contributed by atoms with Crippen molar-refractivity contribution >= 4 is 11.6 Å². The summed E-state index contributed by atoms with van der Waals surface area (Å²) < 4.78 is 0. The van der Waals surface area contributed by atoms with Crippen molar-refractivity contribution < 1.29 is 0 Å². The number of nitrogens with two attached hydrogens (primary N) is 1. The standard InChI is InChI=1S/C19H25ClN4/c20-16-8-5-11-22-17(16)14-24(13-2-1-10-21)18-9-3-6-15-7-4-12-23-19(15)18/h4-5,7-8,11-12,18H,1-3,6,9-10,13-14,21H2. The van der Waals surface area contributed by atoms with Gasteiger partial charge in [0.15, 0.2) is 0 Å². The fourth-order valence-corrected chi connectivity index (χ4v) is 3.65. The fraction of sp³-hybridized carbons (Fsp3) is 0.474. The molecule has 0 aromatic carbocycles. The Morgan fingerprint density at radius 1 is 1.17 bits per heavy atom. The Bertz CT molecular complexity index is 661. The highest BCUT2D eigenvalue weighted by Gasteiger charge is 2.27. The smallest absolute Gasteiger partial charge is 0.0729 e. The van der Waals surface area contributed by atoms with Gasteiger partial charge in [-0.1, -0.05) is 17.7 Å². The van der Waals surface area contributed by atoms with Crippen LogP contribution in [0.5, 0.6) is 0 Å². The Balaban J connectivity index is 1.83. The van der Waals surface area contributed by atoms with Gasteiger partial charge < -0.3 is 5.73 Å². The third-order valence-electron chi connectivity index (χ3n) is 4.69. The summed E-state index contributed by atoms with van der Waals surface area (Å²) in [6.07, 6.45) is 9.30. The number of unbranched alkanes of at least 4 members (excludes halogenated alkanes) is 1. The first-order valence-electron chi connectivity index (χ1n) is 8.77. The number of aryl methyl sites for hydroxylation is 1. The average molecular weight is 345 g/mol. The SMILES string of the molecule is NCCCCN(Cc1ncccc1Cl)C1CCCc2cccnc21. The van der Waals surface area contributed by atoms with Gasteiger partial charge >= 0.3 is 0 Å². The maximum Gasteiger partial charge on any atom is 0.0729 e. The molecule has 1 aliphatic rings. The first-order chi connectivity index (χ1) is 11.8. The molecule has 2 N–H and O–H groups in total. The molecule has 0 spiro atoms. The zero-order valence-corrected chi connectivity index (χ0v) is 14.8. The third kappa shape index (κ3) is 4.12. The monoisotopic (exact) mass is 344 g/mol. The van der Waals surface area contributed by atoms with Gasteiger partial charge in [0, 0.05) is 18.9 Å². The Morgan fingerprint density at radius 2 is 2.00 bits per heavy atom. The predicted octanol–water partition coefficient (Wildman–Crippen LogP) is 3.75. The number of fused-ring (bicyclic) bond motifs is 1. The fourth-order valence-electron chi connectivity index (χ4n) is 3.47. The molecule has 0 saturated carbocycles. The summed E-state index contributed by atoms with van der Waals surface area (Å²) in [4.78, 5) is 11.7. The van der Waals surface area contributed by atoms with Gasteiger partial charge in [0.1, 0.15) is 0 Å². The lowest BCUT2D eigenvalue weighted by molar-refractivity contribution is 0.161. The highest BCUT2D eigenvalue weighted by molar-refractivity contribution is 6.31. The molecule has 2 heterocycles. The highest BCUT2D eigenvalue weighted by atomic mass is 35.5. The molecule has 2 aromatic heterocycles. The second-order valence-corrected chi connectivity index (χ2v) is 6.76. The molecular weight excluding hydrogens is 320 g/mol. The summed E-state index contributed by atoms with van der Waals surface area (Å²) in [7, 11) is 0. The molecule has 5 heteroatoms. The Morgan fingerprint density at radius 3 is 2.83 bits per heavy atom. The van der Waals surface area contributed by atoms with E-state index in [-0.39, 0.29) is 0 Å². The van der Waals surface area contributed by atoms with E-state index in [2.05, 4.69) is 16.0 Å². The minimum atomic E-state index is 0.339. The summed E-state index contributed by atoms with van der Waals surface area (Å²) >= 11 is 6.34. The zero-order chi connectivity index (χ0) is 16.8. The molecular formula is C19H25ClN4. The molecule has 2 aromatic rings. The van der Waals surface area contributed by atoms with Crippen molar-refractivity contribution in [2.45, 2.75) is 44.7 Å². The summed E-state index contributed by atoms with van der Waals surface area (Å²) in [6.45, 7) is 2.48. The molecule has 4 nitrogen and oxygen atoms in total. The van der Waals surface area contributed by atoms with Crippen LogP contribution in [0.1, 0.15) is 48.7 Å². The van der Waals surface area contributed by atoms with Crippen molar-refractivity contribution in [3.8, 4) is 0 Å². The van der Waals surface area contributed by atoms with Gasteiger partial charge in [0.05, 0.1) is 22.5 Å². The maximum atomic E-state index is 6.34. The molecule has 128 valence electrons. The Kier molecular flexibility index (Phi) is 6.18. The van der Waals surface area contributed by atoms with E-state index >= 15 is 0 Å². The van der Waals surface area contributed by atoms with Crippen molar-refractivity contribution in [2.24, 2.45) is 5.73 Å². The first-order valence-corrected chi connectivity index (χ1v) is 9.14. The molecule has 0 bridgehead atoms. The molecule has 24 heavy (non-hydrogen) atoms. The summed E-state index contributed by atoms with van der Waals surface area (Å²) in [5.74, 6) is 0. The van der Waals surface area contributed by atoms with Crippen molar-refractivity contribution in [2.75, 3.05) is 13.1 Å². The van der Waals surface area contributed by atoms with Gasteiger partial charge in [-0.3, -0.25) is 14.9 Å². The lowest BCUT2D eigenvalue weighted by atomic mass is 9.90. The van der Waals surface area contributed by atoms with E-state index in [1.807, 2.05) is 30.6 Å². The van der Waals surface area contributed by atoms with E-state index in [9.17, 15) is 0 Å². The predicted molar refractivity (Wildman–Crippen MR) is 97.9 cm³/mol. The van der Waals surface area contributed by atoms with E-state index in [1.54, 1.807) is 0 Å². The van der Waals surface area contributed by atoms with Crippen molar-refractivity contribution in [3.63, 3.8) is 0 Å². The van der Waals surface area contributed by atoms with Crippen LogP contribution in [0.25, 0.3) is 0 Å². The average Bonchev–Trinajstić information content (AvgIpc) is 2.62. The van der Waals surface area contributed by atoms with Crippen molar-refractivity contribution in [3.05, 3.63) is 58.6 Å². The van der Waals surface area contributed by atoms with E-state index in [4.69, 9.17) is 22.3 Å². The second kappa shape index (κ2) is 8.56. The molecule has 0 amide bonds. The van der Waals surface area contributed by atoms with Gasteiger partial charge in [-0.2, -0.15) is 0 Å². The van der Waals surface area contributed by atoms with Crippen molar-refractivity contribution in [1.29, 1.82) is 0 Å². The number of halogens is 1. The van der Waals surface area contributed by atoms with E-state index in [0.717, 1.165) is 56.0 Å². The van der Waals surface area contributed by atoms with Crippen molar-refractivity contribution in [1.82, 2.24) is 14.9 Å². The number of pyridine rings is 2. The summed E-state index contributed by atoms with van der Waals surface area (Å²) in [5, 5.41) is 0.735. The minimum Gasteiger partial charge on any atom is -0.330 e. The van der Waals surface area contributed by atoms with Gasteiger partial charge in [0.2, 0.25) is 0 Å². The molecule has 0 radical (unpaired) electrons. The Hall–Kier alpha value is -1.49. The van der Waals surface area contributed by atoms with Crippen LogP contribution in [0, 0.1) is 0 Å². The number of rotatable bonds is 7. The van der Waals surface area contributed by atoms with Crippen LogP contribution >= 0.6 is 11.6 Å². The summed E-state index contributed by atoms with van der Waals surface area (Å²) in [5.41, 5.74) is 9.23.